The van der Waals surface area contributed by atoms with Gasteiger partial charge in [-0.25, -0.2) is 0 Å². The molecule has 5 heteroatoms. The van der Waals surface area contributed by atoms with Crippen molar-refractivity contribution in [1.82, 2.24) is 4.98 Å². The van der Waals surface area contributed by atoms with E-state index in [1.165, 1.54) is 12.3 Å². The second kappa shape index (κ2) is 8.27. The Morgan fingerprint density at radius 1 is 0.862 bits per heavy atom. The summed E-state index contributed by atoms with van der Waals surface area (Å²) < 4.78 is 0. The number of aryl methyl sites for hydroxylation is 1. The molecule has 148 valence electrons. The van der Waals surface area contributed by atoms with Gasteiger partial charge in [-0.1, -0.05) is 51.1 Å². The molecule has 1 aromatic heterocycles. The lowest BCUT2D eigenvalue weighted by Crippen LogP contribution is -2.20. The summed E-state index contributed by atoms with van der Waals surface area (Å²) in [6.07, 6.45) is 1.47. The van der Waals surface area contributed by atoms with Crippen molar-refractivity contribution < 1.29 is 9.59 Å². The lowest BCUT2D eigenvalue weighted by molar-refractivity contribution is 0.102. The summed E-state index contributed by atoms with van der Waals surface area (Å²) in [5.74, 6) is -0.644. The van der Waals surface area contributed by atoms with Gasteiger partial charge in [0, 0.05) is 23.1 Å². The van der Waals surface area contributed by atoms with Crippen molar-refractivity contribution >= 4 is 23.2 Å². The highest BCUT2D eigenvalue weighted by molar-refractivity contribution is 6.08. The number of pyridine rings is 1. The van der Waals surface area contributed by atoms with E-state index in [9.17, 15) is 9.59 Å². The van der Waals surface area contributed by atoms with Crippen molar-refractivity contribution in [2.75, 3.05) is 10.6 Å². The van der Waals surface area contributed by atoms with Crippen LogP contribution in [-0.4, -0.2) is 16.8 Å². The molecule has 0 saturated carbocycles. The van der Waals surface area contributed by atoms with Crippen LogP contribution in [0.3, 0.4) is 0 Å². The Morgan fingerprint density at radius 2 is 1.62 bits per heavy atom. The zero-order chi connectivity index (χ0) is 21.0. The van der Waals surface area contributed by atoms with Crippen LogP contribution in [-0.2, 0) is 5.41 Å². The van der Waals surface area contributed by atoms with Gasteiger partial charge in [0.2, 0.25) is 0 Å². The summed E-state index contributed by atoms with van der Waals surface area (Å²) >= 11 is 0. The molecule has 0 bridgehead atoms. The fourth-order valence-electron chi connectivity index (χ4n) is 3.05. The molecule has 0 unspecified atom stereocenters. The third-order valence-corrected chi connectivity index (χ3v) is 4.51. The van der Waals surface area contributed by atoms with E-state index in [0.29, 0.717) is 11.3 Å². The highest BCUT2D eigenvalue weighted by Crippen LogP contribution is 2.29. The van der Waals surface area contributed by atoms with Crippen LogP contribution in [0.1, 0.15) is 52.7 Å². The molecule has 0 aliphatic heterocycles. The number of amides is 2. The van der Waals surface area contributed by atoms with Gasteiger partial charge in [-0.15, -0.1) is 0 Å². The topological polar surface area (TPSA) is 71.1 Å². The molecule has 2 N–H and O–H groups in total. The number of anilines is 2. The van der Waals surface area contributed by atoms with E-state index >= 15 is 0 Å². The highest BCUT2D eigenvalue weighted by Gasteiger charge is 2.20. The lowest BCUT2D eigenvalue weighted by atomic mass is 9.86. The summed E-state index contributed by atoms with van der Waals surface area (Å²) in [6.45, 7) is 8.23. The molecule has 0 aliphatic rings. The van der Waals surface area contributed by atoms with E-state index in [1.54, 1.807) is 6.07 Å². The van der Waals surface area contributed by atoms with Crippen LogP contribution in [0.25, 0.3) is 0 Å². The van der Waals surface area contributed by atoms with Crippen LogP contribution in [0.4, 0.5) is 11.4 Å². The molecule has 0 radical (unpaired) electrons. The first-order chi connectivity index (χ1) is 13.7. The smallest absolute Gasteiger partial charge is 0.274 e. The molecule has 0 aliphatic carbocycles. The Morgan fingerprint density at radius 3 is 2.34 bits per heavy atom. The number of benzene rings is 2. The predicted octanol–water partition coefficient (Wildman–Crippen LogP) is 5.19. The van der Waals surface area contributed by atoms with Crippen LogP contribution in [0.15, 0.2) is 66.9 Å². The first-order valence-corrected chi connectivity index (χ1v) is 9.49. The Labute approximate surface area is 171 Å². The summed E-state index contributed by atoms with van der Waals surface area (Å²) in [6, 6.07) is 18.3. The van der Waals surface area contributed by atoms with E-state index in [1.807, 2.05) is 55.5 Å². The van der Waals surface area contributed by atoms with Crippen molar-refractivity contribution in [3.8, 4) is 0 Å². The Hall–Kier alpha value is -3.47. The monoisotopic (exact) mass is 387 g/mol. The number of hydrogen-bond donors (Lipinski definition) is 2. The van der Waals surface area contributed by atoms with Crippen molar-refractivity contribution in [3.05, 3.63) is 89.2 Å². The zero-order valence-electron chi connectivity index (χ0n) is 17.1. The molecule has 29 heavy (non-hydrogen) atoms. The number of carbonyl (C=O) groups is 2. The number of aromatic nitrogens is 1. The van der Waals surface area contributed by atoms with Crippen molar-refractivity contribution in [3.63, 3.8) is 0 Å². The first kappa shape index (κ1) is 20.3. The average molecular weight is 387 g/mol. The van der Waals surface area contributed by atoms with Crippen LogP contribution < -0.4 is 10.6 Å². The minimum atomic E-state index is -0.355. The van der Waals surface area contributed by atoms with Gasteiger partial charge < -0.3 is 10.6 Å². The van der Waals surface area contributed by atoms with Crippen molar-refractivity contribution in [1.29, 1.82) is 0 Å². The zero-order valence-corrected chi connectivity index (χ0v) is 17.1. The van der Waals surface area contributed by atoms with Gasteiger partial charge in [0.1, 0.15) is 5.69 Å². The van der Waals surface area contributed by atoms with E-state index in [4.69, 9.17) is 0 Å². The molecule has 0 atom stereocenters. The molecule has 0 saturated heterocycles. The molecule has 2 amide bonds. The van der Waals surface area contributed by atoms with Crippen LogP contribution >= 0.6 is 0 Å². The second-order valence-corrected chi connectivity index (χ2v) is 8.00. The van der Waals surface area contributed by atoms with Gasteiger partial charge in [0.05, 0.1) is 0 Å². The number of nitrogens with one attached hydrogen (secondary N) is 2. The molecule has 2 aromatic carbocycles. The number of para-hydroxylation sites is 1. The summed E-state index contributed by atoms with van der Waals surface area (Å²) in [5.41, 5.74) is 3.96. The summed E-state index contributed by atoms with van der Waals surface area (Å²) in [7, 11) is 0. The van der Waals surface area contributed by atoms with E-state index in [0.717, 1.165) is 16.8 Å². The molecule has 3 rings (SSSR count). The maximum absolute atomic E-state index is 12.8. The Balaban J connectivity index is 1.79. The van der Waals surface area contributed by atoms with Crippen molar-refractivity contribution in [2.45, 2.75) is 33.1 Å². The lowest BCUT2D eigenvalue weighted by Gasteiger charge is -2.22. The van der Waals surface area contributed by atoms with E-state index in [-0.39, 0.29) is 22.9 Å². The maximum atomic E-state index is 12.8. The van der Waals surface area contributed by atoms with Crippen LogP contribution in [0.5, 0.6) is 0 Å². The average Bonchev–Trinajstić information content (AvgIpc) is 2.67. The molecular weight excluding hydrogens is 362 g/mol. The minimum absolute atomic E-state index is 0.118. The first-order valence-electron chi connectivity index (χ1n) is 9.49. The highest BCUT2D eigenvalue weighted by atomic mass is 16.2. The number of hydrogen-bond acceptors (Lipinski definition) is 3. The minimum Gasteiger partial charge on any atom is -0.322 e. The third kappa shape index (κ3) is 5.08. The molecule has 1 heterocycles. The van der Waals surface area contributed by atoms with Gasteiger partial charge in [0.25, 0.3) is 11.8 Å². The summed E-state index contributed by atoms with van der Waals surface area (Å²) in [5, 5.41) is 5.77. The van der Waals surface area contributed by atoms with Gasteiger partial charge in [-0.05, 0) is 53.8 Å². The van der Waals surface area contributed by atoms with Gasteiger partial charge in [-0.3, -0.25) is 14.6 Å². The fourth-order valence-corrected chi connectivity index (χ4v) is 3.05. The molecular formula is C24H25N3O2. The normalized spacial score (nSPS) is 11.0. The number of carbonyl (C=O) groups excluding carboxylic acids is 2. The van der Waals surface area contributed by atoms with Crippen molar-refractivity contribution in [2.24, 2.45) is 0 Å². The SMILES string of the molecule is Cc1cccc(NC(=O)c2ccnc(C(=O)Nc3ccccc3C(C)(C)C)c2)c1. The fraction of sp³-hybridized carbons (Fsp3) is 0.208. The molecule has 0 spiro atoms. The van der Waals surface area contributed by atoms with E-state index < -0.39 is 0 Å². The second-order valence-electron chi connectivity index (χ2n) is 8.00. The summed E-state index contributed by atoms with van der Waals surface area (Å²) in [4.78, 5) is 29.5. The quantitative estimate of drug-likeness (QED) is 0.647. The molecule has 0 fully saturated rings. The van der Waals surface area contributed by atoms with Crippen LogP contribution in [0, 0.1) is 6.92 Å². The van der Waals surface area contributed by atoms with Gasteiger partial charge >= 0.3 is 0 Å². The van der Waals surface area contributed by atoms with Gasteiger partial charge in [-0.2, -0.15) is 0 Å². The maximum Gasteiger partial charge on any atom is 0.274 e. The van der Waals surface area contributed by atoms with Crippen LogP contribution in [0.2, 0.25) is 0 Å². The third-order valence-electron chi connectivity index (χ3n) is 4.51. The molecule has 5 nitrogen and oxygen atoms in total. The largest absolute Gasteiger partial charge is 0.322 e. The number of rotatable bonds is 4. The van der Waals surface area contributed by atoms with Gasteiger partial charge in [0.15, 0.2) is 0 Å². The predicted molar refractivity (Wildman–Crippen MR) is 116 cm³/mol. The molecule has 3 aromatic rings. The standard InChI is InChI=1S/C24H25N3O2/c1-16-8-7-9-18(14-16)26-22(28)17-12-13-25-21(15-17)23(29)27-20-11-6-5-10-19(20)24(2,3)4/h5-15H,1-4H3,(H,26,28)(H,27,29). The van der Waals surface area contributed by atoms with E-state index in [2.05, 4.69) is 36.4 Å². The number of nitrogens with zero attached hydrogens (tertiary/aromatic N) is 1. The Kier molecular flexibility index (Phi) is 5.78. The Bertz CT molecular complexity index is 1050.